The maximum absolute atomic E-state index is 12.2. The number of nitrogens with zero attached hydrogens (tertiary/aromatic N) is 1. The Hall–Kier alpha value is -1.84. The van der Waals surface area contributed by atoms with E-state index in [9.17, 15) is 9.59 Å². The molecule has 1 rings (SSSR count). The van der Waals surface area contributed by atoms with E-state index in [1.165, 1.54) is 5.56 Å². The van der Waals surface area contributed by atoms with Crippen molar-refractivity contribution in [2.45, 2.75) is 53.0 Å². The second-order valence-corrected chi connectivity index (χ2v) is 6.53. The van der Waals surface area contributed by atoms with Crippen LogP contribution in [0.3, 0.4) is 0 Å². The van der Waals surface area contributed by atoms with E-state index in [1.54, 1.807) is 11.8 Å². The molecule has 0 aliphatic carbocycles. The molecule has 4 heteroatoms. The van der Waals surface area contributed by atoms with Gasteiger partial charge >= 0.3 is 0 Å². The van der Waals surface area contributed by atoms with Crippen LogP contribution in [-0.2, 0) is 10.2 Å². The van der Waals surface area contributed by atoms with Crippen LogP contribution < -0.4 is 5.32 Å². The van der Waals surface area contributed by atoms with E-state index >= 15 is 0 Å². The van der Waals surface area contributed by atoms with Crippen LogP contribution >= 0.6 is 0 Å². The molecule has 0 spiro atoms. The third kappa shape index (κ3) is 4.58. The van der Waals surface area contributed by atoms with Gasteiger partial charge in [-0.15, -0.1) is 0 Å². The van der Waals surface area contributed by atoms with Crippen molar-refractivity contribution in [1.29, 1.82) is 0 Å². The van der Waals surface area contributed by atoms with Crippen LogP contribution in [-0.4, -0.2) is 35.8 Å². The van der Waals surface area contributed by atoms with E-state index in [-0.39, 0.29) is 17.2 Å². The monoisotopic (exact) mass is 304 g/mol. The lowest BCUT2D eigenvalue weighted by Crippen LogP contribution is -2.46. The molecule has 1 atom stereocenters. The Bertz CT molecular complexity index is 511. The number of likely N-dealkylation sites (N-methyl/N-ethyl adjacent to an activating group) is 1. The van der Waals surface area contributed by atoms with Crippen molar-refractivity contribution in [3.63, 3.8) is 0 Å². The predicted octanol–water partition coefficient (Wildman–Crippen LogP) is 2.97. The van der Waals surface area contributed by atoms with Gasteiger partial charge in [0.1, 0.15) is 6.04 Å². The molecule has 0 radical (unpaired) electrons. The molecule has 0 aromatic heterocycles. The zero-order chi connectivity index (χ0) is 16.9. The minimum Gasteiger partial charge on any atom is -0.341 e. The molecule has 0 fully saturated rings. The lowest BCUT2D eigenvalue weighted by molar-refractivity contribution is -0.132. The molecule has 122 valence electrons. The van der Waals surface area contributed by atoms with Gasteiger partial charge in [-0.25, -0.2) is 0 Å². The second kappa shape index (κ2) is 7.43. The summed E-state index contributed by atoms with van der Waals surface area (Å²) in [4.78, 5) is 26.1. The average molecular weight is 304 g/mol. The lowest BCUT2D eigenvalue weighted by atomic mass is 9.86. The first-order chi connectivity index (χ1) is 10.2. The first-order valence-electron chi connectivity index (χ1n) is 7.90. The highest BCUT2D eigenvalue weighted by atomic mass is 16.2. The maximum atomic E-state index is 12.2. The van der Waals surface area contributed by atoms with Gasteiger partial charge in [-0.05, 0) is 43.9 Å². The summed E-state index contributed by atoms with van der Waals surface area (Å²) in [6.45, 7) is 13.3. The maximum Gasteiger partial charge on any atom is 0.251 e. The predicted molar refractivity (Wildman–Crippen MR) is 90.0 cm³/mol. The van der Waals surface area contributed by atoms with E-state index in [0.29, 0.717) is 18.7 Å². The van der Waals surface area contributed by atoms with Gasteiger partial charge < -0.3 is 10.2 Å². The first kappa shape index (κ1) is 18.2. The first-order valence-corrected chi connectivity index (χ1v) is 7.90. The van der Waals surface area contributed by atoms with Crippen LogP contribution in [0.2, 0.25) is 0 Å². The zero-order valence-electron chi connectivity index (χ0n) is 14.6. The SMILES string of the molecule is CCN(CC)C(=O)C(C)NC(=O)c1ccc(C(C)(C)C)cc1. The van der Waals surface area contributed by atoms with Gasteiger partial charge in [0.05, 0.1) is 0 Å². The highest BCUT2D eigenvalue weighted by Gasteiger charge is 2.21. The van der Waals surface area contributed by atoms with Gasteiger partial charge in [-0.3, -0.25) is 9.59 Å². The molecule has 0 saturated heterocycles. The molecule has 2 amide bonds. The van der Waals surface area contributed by atoms with Crippen molar-refractivity contribution in [3.8, 4) is 0 Å². The Morgan fingerprint density at radius 1 is 1.09 bits per heavy atom. The quantitative estimate of drug-likeness (QED) is 0.909. The Morgan fingerprint density at radius 3 is 2.00 bits per heavy atom. The smallest absolute Gasteiger partial charge is 0.251 e. The molecule has 1 aromatic rings. The van der Waals surface area contributed by atoms with Crippen LogP contribution in [0.5, 0.6) is 0 Å². The molecule has 1 unspecified atom stereocenters. The van der Waals surface area contributed by atoms with Crippen molar-refractivity contribution in [1.82, 2.24) is 10.2 Å². The topological polar surface area (TPSA) is 49.4 Å². The fourth-order valence-electron chi connectivity index (χ4n) is 2.27. The number of carbonyl (C=O) groups is 2. The van der Waals surface area contributed by atoms with E-state index in [0.717, 1.165) is 0 Å². The Labute approximate surface area is 133 Å². The largest absolute Gasteiger partial charge is 0.341 e. The van der Waals surface area contributed by atoms with Crippen molar-refractivity contribution in [3.05, 3.63) is 35.4 Å². The molecule has 0 bridgehead atoms. The number of rotatable bonds is 5. The highest BCUT2D eigenvalue weighted by molar-refractivity contribution is 5.97. The van der Waals surface area contributed by atoms with Crippen molar-refractivity contribution >= 4 is 11.8 Å². The molecule has 22 heavy (non-hydrogen) atoms. The standard InChI is InChI=1S/C18H28N2O2/c1-7-20(8-2)17(22)13(3)19-16(21)14-9-11-15(12-10-14)18(4,5)6/h9-13H,7-8H2,1-6H3,(H,19,21). The Morgan fingerprint density at radius 2 is 1.59 bits per heavy atom. The number of carbonyl (C=O) groups excluding carboxylic acids is 2. The van der Waals surface area contributed by atoms with Crippen molar-refractivity contribution in [2.75, 3.05) is 13.1 Å². The molecule has 0 heterocycles. The minimum absolute atomic E-state index is 0.0512. The van der Waals surface area contributed by atoms with Gasteiger partial charge in [0.25, 0.3) is 5.91 Å². The van der Waals surface area contributed by atoms with Crippen molar-refractivity contribution in [2.24, 2.45) is 0 Å². The summed E-state index contributed by atoms with van der Waals surface area (Å²) in [5.74, 6) is -0.266. The number of nitrogens with one attached hydrogen (secondary N) is 1. The summed E-state index contributed by atoms with van der Waals surface area (Å²) >= 11 is 0. The van der Waals surface area contributed by atoms with Gasteiger partial charge in [-0.1, -0.05) is 32.9 Å². The fourth-order valence-corrected chi connectivity index (χ4v) is 2.27. The lowest BCUT2D eigenvalue weighted by Gasteiger charge is -2.23. The zero-order valence-corrected chi connectivity index (χ0v) is 14.6. The van der Waals surface area contributed by atoms with Gasteiger partial charge in [0.2, 0.25) is 5.91 Å². The number of benzene rings is 1. The van der Waals surface area contributed by atoms with Crippen LogP contribution in [0.1, 0.15) is 57.5 Å². The molecular formula is C18H28N2O2. The third-order valence-electron chi connectivity index (χ3n) is 3.81. The molecule has 1 N–H and O–H groups in total. The van der Waals surface area contributed by atoms with Crippen LogP contribution in [0.25, 0.3) is 0 Å². The number of amides is 2. The van der Waals surface area contributed by atoms with Gasteiger partial charge in [0, 0.05) is 18.7 Å². The second-order valence-electron chi connectivity index (χ2n) is 6.53. The summed E-state index contributed by atoms with van der Waals surface area (Å²) in [7, 11) is 0. The van der Waals surface area contributed by atoms with Crippen LogP contribution in [0, 0.1) is 0 Å². The molecule has 0 aliphatic heterocycles. The van der Waals surface area contributed by atoms with Crippen molar-refractivity contribution < 1.29 is 9.59 Å². The summed E-state index contributed by atoms with van der Waals surface area (Å²) in [5.41, 5.74) is 1.81. The molecule has 0 aliphatic rings. The summed E-state index contributed by atoms with van der Waals surface area (Å²) < 4.78 is 0. The molecule has 0 saturated carbocycles. The van der Waals surface area contributed by atoms with Crippen LogP contribution in [0.15, 0.2) is 24.3 Å². The molecule has 4 nitrogen and oxygen atoms in total. The molecular weight excluding hydrogens is 276 g/mol. The minimum atomic E-state index is -0.519. The van der Waals surface area contributed by atoms with E-state index in [1.807, 2.05) is 38.1 Å². The van der Waals surface area contributed by atoms with E-state index < -0.39 is 6.04 Å². The normalized spacial score (nSPS) is 12.6. The Kier molecular flexibility index (Phi) is 6.15. The average Bonchev–Trinajstić information content (AvgIpc) is 2.47. The van der Waals surface area contributed by atoms with E-state index in [4.69, 9.17) is 0 Å². The Balaban J connectivity index is 2.75. The van der Waals surface area contributed by atoms with Crippen LogP contribution in [0.4, 0.5) is 0 Å². The van der Waals surface area contributed by atoms with Gasteiger partial charge in [0.15, 0.2) is 0 Å². The summed E-state index contributed by atoms with van der Waals surface area (Å²) in [6.07, 6.45) is 0. The summed E-state index contributed by atoms with van der Waals surface area (Å²) in [6, 6.07) is 7.03. The molecule has 1 aromatic carbocycles. The van der Waals surface area contributed by atoms with Gasteiger partial charge in [-0.2, -0.15) is 0 Å². The fraction of sp³-hybridized carbons (Fsp3) is 0.556. The number of hydrogen-bond acceptors (Lipinski definition) is 2. The highest BCUT2D eigenvalue weighted by Crippen LogP contribution is 2.22. The number of hydrogen-bond donors (Lipinski definition) is 1. The van der Waals surface area contributed by atoms with E-state index in [2.05, 4.69) is 26.1 Å². The summed E-state index contributed by atoms with van der Waals surface area (Å²) in [5, 5.41) is 2.77. The third-order valence-corrected chi connectivity index (χ3v) is 3.81.